The molecule has 0 aromatic heterocycles. The molecule has 1 rings (SSSR count). The molecule has 0 saturated carbocycles. The Balaban J connectivity index is 2.07. The first kappa shape index (κ1) is 12.9. The minimum Gasteiger partial charge on any atom is -0.207 e. The van der Waals surface area contributed by atoms with E-state index in [1.54, 1.807) is 0 Å². The third kappa shape index (κ3) is 6.10. The van der Waals surface area contributed by atoms with Gasteiger partial charge in [0, 0.05) is 4.90 Å². The van der Waals surface area contributed by atoms with Crippen LogP contribution in [-0.2, 0) is 0 Å². The number of rotatable bonds is 7. The SMILES string of the molecule is CCSCCCCSc1ccc(F)cc1. The highest BCUT2D eigenvalue weighted by Gasteiger charge is 1.95. The molecule has 0 unspecified atom stereocenters. The lowest BCUT2D eigenvalue weighted by Gasteiger charge is -2.01. The van der Waals surface area contributed by atoms with Gasteiger partial charge < -0.3 is 0 Å². The third-order valence-electron chi connectivity index (χ3n) is 1.97. The highest BCUT2D eigenvalue weighted by Crippen LogP contribution is 2.19. The first-order valence-electron chi connectivity index (χ1n) is 5.29. The van der Waals surface area contributed by atoms with Crippen molar-refractivity contribution >= 4 is 23.5 Å². The minimum absolute atomic E-state index is 0.154. The van der Waals surface area contributed by atoms with Crippen LogP contribution in [-0.4, -0.2) is 17.3 Å². The highest BCUT2D eigenvalue weighted by molar-refractivity contribution is 7.99. The van der Waals surface area contributed by atoms with Crippen molar-refractivity contribution in [2.75, 3.05) is 17.3 Å². The second-order valence-electron chi connectivity index (χ2n) is 3.21. The highest BCUT2D eigenvalue weighted by atomic mass is 32.2. The van der Waals surface area contributed by atoms with Gasteiger partial charge in [0.2, 0.25) is 0 Å². The molecule has 0 saturated heterocycles. The van der Waals surface area contributed by atoms with Crippen LogP contribution in [0.2, 0.25) is 0 Å². The van der Waals surface area contributed by atoms with Crippen LogP contribution in [0.3, 0.4) is 0 Å². The fraction of sp³-hybridized carbons (Fsp3) is 0.500. The molecule has 84 valence electrons. The number of benzene rings is 1. The van der Waals surface area contributed by atoms with E-state index >= 15 is 0 Å². The maximum Gasteiger partial charge on any atom is 0.123 e. The van der Waals surface area contributed by atoms with Gasteiger partial charge in [-0.3, -0.25) is 0 Å². The average molecular weight is 244 g/mol. The van der Waals surface area contributed by atoms with Gasteiger partial charge in [-0.05, 0) is 54.4 Å². The van der Waals surface area contributed by atoms with Gasteiger partial charge in [0.25, 0.3) is 0 Å². The zero-order chi connectivity index (χ0) is 10.9. The van der Waals surface area contributed by atoms with Crippen molar-refractivity contribution in [1.82, 2.24) is 0 Å². The molecule has 0 aliphatic rings. The molecule has 1 aromatic carbocycles. The number of hydrogen-bond acceptors (Lipinski definition) is 2. The topological polar surface area (TPSA) is 0 Å². The van der Waals surface area contributed by atoms with Gasteiger partial charge in [0.15, 0.2) is 0 Å². The molecule has 0 fully saturated rings. The number of halogens is 1. The van der Waals surface area contributed by atoms with Crippen molar-refractivity contribution < 1.29 is 4.39 Å². The lowest BCUT2D eigenvalue weighted by molar-refractivity contribution is 0.626. The fourth-order valence-corrected chi connectivity index (χ4v) is 2.78. The fourth-order valence-electron chi connectivity index (χ4n) is 1.17. The van der Waals surface area contributed by atoms with Crippen molar-refractivity contribution in [2.24, 2.45) is 0 Å². The second-order valence-corrected chi connectivity index (χ2v) is 5.77. The maximum atomic E-state index is 12.6. The monoisotopic (exact) mass is 244 g/mol. The summed E-state index contributed by atoms with van der Waals surface area (Å²) >= 11 is 3.81. The molecular formula is C12H17FS2. The zero-order valence-corrected chi connectivity index (χ0v) is 10.7. The van der Waals surface area contributed by atoms with E-state index in [1.165, 1.54) is 41.4 Å². The van der Waals surface area contributed by atoms with E-state index in [1.807, 2.05) is 35.7 Å². The lowest BCUT2D eigenvalue weighted by Crippen LogP contribution is -1.84. The Hall–Kier alpha value is -0.150. The average Bonchev–Trinajstić information content (AvgIpc) is 2.26. The summed E-state index contributed by atoms with van der Waals surface area (Å²) in [6.07, 6.45) is 2.53. The summed E-state index contributed by atoms with van der Waals surface area (Å²) in [4.78, 5) is 1.17. The van der Waals surface area contributed by atoms with Crippen molar-refractivity contribution in [3.63, 3.8) is 0 Å². The molecule has 0 nitrogen and oxygen atoms in total. The van der Waals surface area contributed by atoms with Gasteiger partial charge in [0.05, 0.1) is 0 Å². The van der Waals surface area contributed by atoms with Crippen LogP contribution in [0.25, 0.3) is 0 Å². The summed E-state index contributed by atoms with van der Waals surface area (Å²) in [6.45, 7) is 2.19. The van der Waals surface area contributed by atoms with Crippen LogP contribution in [0.4, 0.5) is 4.39 Å². The van der Waals surface area contributed by atoms with E-state index in [2.05, 4.69) is 6.92 Å². The Labute approximate surface area is 100 Å². The van der Waals surface area contributed by atoms with Gasteiger partial charge in [-0.2, -0.15) is 11.8 Å². The zero-order valence-electron chi connectivity index (χ0n) is 9.04. The Morgan fingerprint density at radius 1 is 1.07 bits per heavy atom. The molecule has 0 N–H and O–H groups in total. The van der Waals surface area contributed by atoms with Crippen LogP contribution >= 0.6 is 23.5 Å². The van der Waals surface area contributed by atoms with Gasteiger partial charge in [-0.25, -0.2) is 4.39 Å². The summed E-state index contributed by atoms with van der Waals surface area (Å²) in [5.41, 5.74) is 0. The molecule has 0 radical (unpaired) electrons. The van der Waals surface area contributed by atoms with Crippen molar-refractivity contribution in [2.45, 2.75) is 24.7 Å². The van der Waals surface area contributed by atoms with Crippen LogP contribution in [0, 0.1) is 5.82 Å². The quantitative estimate of drug-likeness (QED) is 0.513. The van der Waals surface area contributed by atoms with Crippen LogP contribution < -0.4 is 0 Å². The normalized spacial score (nSPS) is 10.5. The molecule has 0 atom stereocenters. The second kappa shape index (κ2) is 8.05. The van der Waals surface area contributed by atoms with E-state index < -0.39 is 0 Å². The summed E-state index contributed by atoms with van der Waals surface area (Å²) < 4.78 is 12.6. The maximum absolute atomic E-state index is 12.6. The third-order valence-corrected chi connectivity index (χ3v) is 4.05. The van der Waals surface area contributed by atoms with E-state index in [4.69, 9.17) is 0 Å². The lowest BCUT2D eigenvalue weighted by atomic mass is 10.3. The molecule has 15 heavy (non-hydrogen) atoms. The largest absolute Gasteiger partial charge is 0.207 e. The van der Waals surface area contributed by atoms with E-state index in [9.17, 15) is 4.39 Å². The van der Waals surface area contributed by atoms with Crippen LogP contribution in [0.5, 0.6) is 0 Å². The van der Waals surface area contributed by atoms with E-state index in [0.717, 1.165) is 5.75 Å². The molecule has 0 heterocycles. The Morgan fingerprint density at radius 2 is 1.73 bits per heavy atom. The smallest absolute Gasteiger partial charge is 0.123 e. The van der Waals surface area contributed by atoms with Gasteiger partial charge in [-0.1, -0.05) is 6.92 Å². The van der Waals surface area contributed by atoms with Crippen LogP contribution in [0.15, 0.2) is 29.2 Å². The molecule has 3 heteroatoms. The summed E-state index contributed by atoms with van der Waals surface area (Å²) in [6, 6.07) is 6.74. The molecular weight excluding hydrogens is 227 g/mol. The van der Waals surface area contributed by atoms with Gasteiger partial charge >= 0.3 is 0 Å². The number of unbranched alkanes of at least 4 members (excludes halogenated alkanes) is 1. The molecule has 0 aliphatic carbocycles. The van der Waals surface area contributed by atoms with E-state index in [-0.39, 0.29) is 5.82 Å². The molecule has 0 spiro atoms. The Morgan fingerprint density at radius 3 is 2.40 bits per heavy atom. The molecule has 0 amide bonds. The first-order chi connectivity index (χ1) is 7.33. The Bertz CT molecular complexity index is 259. The van der Waals surface area contributed by atoms with Gasteiger partial charge in [0.1, 0.15) is 5.82 Å². The predicted molar refractivity (Wildman–Crippen MR) is 69.4 cm³/mol. The van der Waals surface area contributed by atoms with Crippen molar-refractivity contribution in [3.05, 3.63) is 30.1 Å². The number of hydrogen-bond donors (Lipinski definition) is 0. The van der Waals surface area contributed by atoms with Crippen molar-refractivity contribution in [3.8, 4) is 0 Å². The van der Waals surface area contributed by atoms with Crippen molar-refractivity contribution in [1.29, 1.82) is 0 Å². The summed E-state index contributed by atoms with van der Waals surface area (Å²) in [7, 11) is 0. The summed E-state index contributed by atoms with van der Waals surface area (Å²) in [5.74, 6) is 3.46. The van der Waals surface area contributed by atoms with Crippen LogP contribution in [0.1, 0.15) is 19.8 Å². The number of thioether (sulfide) groups is 2. The predicted octanol–water partition coefficient (Wildman–Crippen LogP) is 4.45. The molecule has 1 aromatic rings. The Kier molecular flexibility index (Phi) is 6.94. The molecule has 0 bridgehead atoms. The minimum atomic E-state index is -0.154. The van der Waals surface area contributed by atoms with Gasteiger partial charge in [-0.15, -0.1) is 11.8 Å². The van der Waals surface area contributed by atoms with E-state index in [0.29, 0.717) is 0 Å². The standard InChI is InChI=1S/C12H17FS2/c1-2-14-9-3-4-10-15-12-7-5-11(13)6-8-12/h5-8H,2-4,9-10H2,1H3. The molecule has 0 aliphatic heterocycles. The first-order valence-corrected chi connectivity index (χ1v) is 7.43. The summed E-state index contributed by atoms with van der Waals surface area (Å²) in [5, 5.41) is 0.